The molecular formula is C5H9NO5S. The molecule has 70 valence electrons. The van der Waals surface area contributed by atoms with Gasteiger partial charge in [-0.15, -0.1) is 0 Å². The lowest BCUT2D eigenvalue weighted by Gasteiger charge is -2.03. The average Bonchev–Trinajstić information content (AvgIpc) is 1.84. The highest BCUT2D eigenvalue weighted by Gasteiger charge is 2.16. The van der Waals surface area contributed by atoms with E-state index in [9.17, 15) is 13.8 Å². The highest BCUT2D eigenvalue weighted by Crippen LogP contribution is 1.87. The summed E-state index contributed by atoms with van der Waals surface area (Å²) in [4.78, 5) is 20.1. The summed E-state index contributed by atoms with van der Waals surface area (Å²) < 4.78 is 10.8. The summed E-state index contributed by atoms with van der Waals surface area (Å²) >= 11 is 0. The molecule has 0 aromatic heterocycles. The number of hydrogen-bond acceptors (Lipinski definition) is 4. The summed E-state index contributed by atoms with van der Waals surface area (Å²) in [5.41, 5.74) is 5.01. The summed E-state index contributed by atoms with van der Waals surface area (Å²) in [6, 6.07) is -1.26. The minimum absolute atomic E-state index is 0.332. The van der Waals surface area contributed by atoms with Crippen LogP contribution >= 0.6 is 0 Å². The van der Waals surface area contributed by atoms with Crippen LogP contribution in [-0.4, -0.2) is 43.9 Å². The molecular weight excluding hydrogens is 186 g/mol. The summed E-state index contributed by atoms with van der Waals surface area (Å²) in [5, 5.41) is 16.4. The van der Waals surface area contributed by atoms with E-state index in [0.29, 0.717) is 0 Å². The Hall–Kier alpha value is -0.950. The molecule has 0 bridgehead atoms. The summed E-state index contributed by atoms with van der Waals surface area (Å²) in [7, 11) is -1.71. The van der Waals surface area contributed by atoms with Gasteiger partial charge < -0.3 is 15.9 Å². The van der Waals surface area contributed by atoms with Gasteiger partial charge in [-0.1, -0.05) is 0 Å². The van der Waals surface area contributed by atoms with E-state index in [1.54, 1.807) is 0 Å². The lowest BCUT2D eigenvalue weighted by atomic mass is 10.4. The van der Waals surface area contributed by atoms with Crippen LogP contribution in [-0.2, 0) is 20.4 Å². The number of hydrogen-bond donors (Lipinski definition) is 3. The fourth-order valence-electron chi connectivity index (χ4n) is 0.468. The molecule has 1 unspecified atom stereocenters. The van der Waals surface area contributed by atoms with Crippen LogP contribution in [0.3, 0.4) is 0 Å². The van der Waals surface area contributed by atoms with Crippen molar-refractivity contribution in [1.29, 1.82) is 0 Å². The molecule has 0 fully saturated rings. The zero-order valence-electron chi connectivity index (χ0n) is 6.10. The second-order valence-corrected chi connectivity index (χ2v) is 3.59. The van der Waals surface area contributed by atoms with Crippen molar-refractivity contribution in [2.45, 2.75) is 6.04 Å². The van der Waals surface area contributed by atoms with Crippen LogP contribution in [0.5, 0.6) is 0 Å². The van der Waals surface area contributed by atoms with E-state index < -0.39 is 34.5 Å². The van der Waals surface area contributed by atoms with Crippen molar-refractivity contribution >= 4 is 22.7 Å². The number of nitrogens with two attached hydrogens (primary N) is 1. The van der Waals surface area contributed by atoms with Gasteiger partial charge in [0.1, 0.15) is 11.8 Å². The molecule has 0 rings (SSSR count). The molecule has 0 heterocycles. The molecule has 0 saturated heterocycles. The van der Waals surface area contributed by atoms with Gasteiger partial charge in [0.15, 0.2) is 0 Å². The number of aliphatic carboxylic acids is 2. The van der Waals surface area contributed by atoms with E-state index in [2.05, 4.69) is 0 Å². The van der Waals surface area contributed by atoms with Gasteiger partial charge in [0.05, 0.1) is 5.75 Å². The average molecular weight is 195 g/mol. The molecule has 12 heavy (non-hydrogen) atoms. The maximum atomic E-state index is 10.8. The standard InChI is InChI=1S/C5H9NO5S/c6-3(5(9)10)1-12(11)2-4(7)8/h3H,1-2,6H2,(H,7,8)(H,9,10)/t3-,12?/m1/s1. The Morgan fingerprint density at radius 1 is 1.42 bits per heavy atom. The monoisotopic (exact) mass is 195 g/mol. The van der Waals surface area contributed by atoms with Gasteiger partial charge in [-0.25, -0.2) is 0 Å². The molecule has 0 aliphatic carbocycles. The third kappa shape index (κ3) is 4.80. The van der Waals surface area contributed by atoms with E-state index in [0.717, 1.165) is 0 Å². The minimum atomic E-state index is -1.71. The van der Waals surface area contributed by atoms with Gasteiger partial charge in [0.2, 0.25) is 0 Å². The molecule has 2 atom stereocenters. The van der Waals surface area contributed by atoms with E-state index in [1.165, 1.54) is 0 Å². The predicted molar refractivity (Wildman–Crippen MR) is 41.1 cm³/mol. The van der Waals surface area contributed by atoms with Crippen LogP contribution in [0.4, 0.5) is 0 Å². The largest absolute Gasteiger partial charge is 0.481 e. The van der Waals surface area contributed by atoms with E-state index in [1.807, 2.05) is 0 Å². The van der Waals surface area contributed by atoms with Crippen molar-refractivity contribution in [3.63, 3.8) is 0 Å². The SMILES string of the molecule is N[C@H](CS(=O)CC(=O)O)C(=O)O. The molecule has 0 aliphatic rings. The predicted octanol–water partition coefficient (Wildman–Crippen LogP) is -1.77. The van der Waals surface area contributed by atoms with E-state index in [-0.39, 0.29) is 5.75 Å². The lowest BCUT2D eigenvalue weighted by molar-refractivity contribution is -0.138. The Morgan fingerprint density at radius 3 is 2.25 bits per heavy atom. The summed E-state index contributed by atoms with van der Waals surface area (Å²) in [5.74, 6) is -3.41. The van der Waals surface area contributed by atoms with Crippen molar-refractivity contribution in [2.75, 3.05) is 11.5 Å². The first-order valence-corrected chi connectivity index (χ1v) is 4.47. The van der Waals surface area contributed by atoms with Gasteiger partial charge in [0, 0.05) is 10.8 Å². The Morgan fingerprint density at radius 2 is 1.92 bits per heavy atom. The first-order valence-electron chi connectivity index (χ1n) is 2.98. The molecule has 7 heteroatoms. The molecule has 4 N–H and O–H groups in total. The zero-order valence-corrected chi connectivity index (χ0v) is 6.91. The minimum Gasteiger partial charge on any atom is -0.481 e. The van der Waals surface area contributed by atoms with Crippen molar-refractivity contribution in [3.8, 4) is 0 Å². The second-order valence-electron chi connectivity index (χ2n) is 2.09. The van der Waals surface area contributed by atoms with Crippen molar-refractivity contribution in [2.24, 2.45) is 5.73 Å². The highest BCUT2D eigenvalue weighted by molar-refractivity contribution is 7.85. The fourth-order valence-corrected chi connectivity index (χ4v) is 1.40. The maximum Gasteiger partial charge on any atom is 0.321 e. The molecule has 0 saturated carbocycles. The maximum absolute atomic E-state index is 10.8. The van der Waals surface area contributed by atoms with Crippen molar-refractivity contribution in [3.05, 3.63) is 0 Å². The Labute approximate surface area is 70.8 Å². The first kappa shape index (κ1) is 11.1. The summed E-state index contributed by atoms with van der Waals surface area (Å²) in [6.07, 6.45) is 0. The van der Waals surface area contributed by atoms with Crippen LogP contribution in [0.25, 0.3) is 0 Å². The van der Waals surface area contributed by atoms with Crippen LogP contribution in [0, 0.1) is 0 Å². The smallest absolute Gasteiger partial charge is 0.321 e. The third-order valence-corrected chi connectivity index (χ3v) is 2.27. The quantitative estimate of drug-likeness (QED) is 0.478. The highest BCUT2D eigenvalue weighted by atomic mass is 32.2. The van der Waals surface area contributed by atoms with Crippen LogP contribution in [0.15, 0.2) is 0 Å². The van der Waals surface area contributed by atoms with Crippen LogP contribution in [0.2, 0.25) is 0 Å². The number of carbonyl (C=O) groups is 2. The van der Waals surface area contributed by atoms with Crippen molar-refractivity contribution in [1.82, 2.24) is 0 Å². The molecule has 6 nitrogen and oxygen atoms in total. The molecule has 0 aromatic rings. The van der Waals surface area contributed by atoms with Crippen molar-refractivity contribution < 1.29 is 24.0 Å². The third-order valence-electron chi connectivity index (χ3n) is 0.967. The summed E-state index contributed by atoms with van der Waals surface area (Å²) in [6.45, 7) is 0. The van der Waals surface area contributed by atoms with Gasteiger partial charge in [0.25, 0.3) is 0 Å². The zero-order chi connectivity index (χ0) is 9.72. The Bertz CT molecular complexity index is 216. The molecule has 0 aliphatic heterocycles. The fraction of sp³-hybridized carbons (Fsp3) is 0.600. The Kier molecular flexibility index (Phi) is 4.45. The molecule has 0 amide bonds. The number of carboxylic acids is 2. The Balaban J connectivity index is 3.85. The lowest BCUT2D eigenvalue weighted by Crippen LogP contribution is -2.36. The van der Waals surface area contributed by atoms with Gasteiger partial charge in [-0.05, 0) is 0 Å². The van der Waals surface area contributed by atoms with E-state index in [4.69, 9.17) is 15.9 Å². The van der Waals surface area contributed by atoms with Gasteiger partial charge in [-0.3, -0.25) is 13.8 Å². The second kappa shape index (κ2) is 4.83. The van der Waals surface area contributed by atoms with Crippen LogP contribution < -0.4 is 5.73 Å². The molecule has 0 spiro atoms. The van der Waals surface area contributed by atoms with Crippen LogP contribution in [0.1, 0.15) is 0 Å². The molecule has 0 aromatic carbocycles. The topological polar surface area (TPSA) is 118 Å². The number of carboxylic acid groups (broad SMARTS) is 2. The van der Waals surface area contributed by atoms with Gasteiger partial charge in [-0.2, -0.15) is 0 Å². The first-order chi connectivity index (χ1) is 5.43. The molecule has 0 radical (unpaired) electrons. The van der Waals surface area contributed by atoms with Gasteiger partial charge >= 0.3 is 11.9 Å². The van der Waals surface area contributed by atoms with E-state index >= 15 is 0 Å². The number of rotatable bonds is 5. The normalized spacial score (nSPS) is 15.1.